The number of alkyl halides is 5. The number of halogens is 6. The average molecular weight is 504 g/mol. The standard InChI is InChI=1S/C21H18F6N4O2S/c1-12-19(10-30(29-12)11-20(23)24)34(32,33)31-6-2-3-15-16(8-28-9-18(15)31)14-5-4-13(7-17(14)22)21(25,26)27/h4-5,7-10,20H,2-3,6,11H2,1H3. The number of pyridine rings is 1. The first-order valence-electron chi connectivity index (χ1n) is 10.1. The van der Waals surface area contributed by atoms with E-state index in [1.165, 1.54) is 19.3 Å². The van der Waals surface area contributed by atoms with Gasteiger partial charge >= 0.3 is 6.18 Å². The Kier molecular flexibility index (Phi) is 6.08. The lowest BCUT2D eigenvalue weighted by atomic mass is 9.94. The molecule has 1 aromatic carbocycles. The van der Waals surface area contributed by atoms with Crippen LogP contribution in [-0.4, -0.2) is 36.2 Å². The molecule has 4 rings (SSSR count). The molecule has 3 heterocycles. The van der Waals surface area contributed by atoms with E-state index in [1.807, 2.05) is 0 Å². The summed E-state index contributed by atoms with van der Waals surface area (Å²) in [5.74, 6) is -1.12. The van der Waals surface area contributed by atoms with Gasteiger partial charge in [-0.1, -0.05) is 6.07 Å². The topological polar surface area (TPSA) is 68.1 Å². The summed E-state index contributed by atoms with van der Waals surface area (Å²) in [7, 11) is -4.23. The number of aryl methyl sites for hydroxylation is 1. The molecule has 0 spiro atoms. The van der Waals surface area contributed by atoms with Gasteiger partial charge in [0.1, 0.15) is 17.3 Å². The number of aromatic nitrogens is 3. The quantitative estimate of drug-likeness (QED) is 0.468. The normalized spacial score (nSPS) is 14.5. The van der Waals surface area contributed by atoms with Gasteiger partial charge in [0, 0.05) is 30.1 Å². The van der Waals surface area contributed by atoms with Crippen molar-refractivity contribution in [2.45, 2.75) is 43.8 Å². The van der Waals surface area contributed by atoms with Crippen molar-refractivity contribution in [3.05, 3.63) is 59.4 Å². The fraction of sp³-hybridized carbons (Fsp3) is 0.333. The lowest BCUT2D eigenvalue weighted by Crippen LogP contribution is -2.36. The zero-order valence-electron chi connectivity index (χ0n) is 17.7. The molecule has 0 saturated carbocycles. The third-order valence-corrected chi connectivity index (χ3v) is 7.39. The largest absolute Gasteiger partial charge is 0.416 e. The molecule has 0 N–H and O–H groups in total. The summed E-state index contributed by atoms with van der Waals surface area (Å²) in [6.07, 6.45) is -3.19. The highest BCUT2D eigenvalue weighted by atomic mass is 32.2. The molecule has 0 aliphatic carbocycles. The number of sulfonamides is 1. The molecular formula is C21H18F6N4O2S. The van der Waals surface area contributed by atoms with Gasteiger partial charge in [0.2, 0.25) is 0 Å². The fourth-order valence-corrected chi connectivity index (χ4v) is 5.66. The summed E-state index contributed by atoms with van der Waals surface area (Å²) in [5.41, 5.74) is -0.533. The molecule has 0 fully saturated rings. The van der Waals surface area contributed by atoms with E-state index in [2.05, 4.69) is 10.1 Å². The molecule has 0 amide bonds. The van der Waals surface area contributed by atoms with Crippen LogP contribution in [0.1, 0.15) is 23.2 Å². The Morgan fingerprint density at radius 1 is 1.15 bits per heavy atom. The summed E-state index contributed by atoms with van der Waals surface area (Å²) >= 11 is 0. The molecule has 0 bridgehead atoms. The molecule has 13 heteroatoms. The Morgan fingerprint density at radius 3 is 2.53 bits per heavy atom. The molecule has 0 saturated heterocycles. The van der Waals surface area contributed by atoms with E-state index in [1.54, 1.807) is 0 Å². The monoisotopic (exact) mass is 504 g/mol. The van der Waals surface area contributed by atoms with Gasteiger partial charge in [-0.15, -0.1) is 0 Å². The third-order valence-electron chi connectivity index (χ3n) is 5.47. The highest BCUT2D eigenvalue weighted by molar-refractivity contribution is 7.92. The highest BCUT2D eigenvalue weighted by Crippen LogP contribution is 2.39. The Bertz CT molecular complexity index is 1340. The summed E-state index contributed by atoms with van der Waals surface area (Å²) in [5, 5.41) is 3.85. The van der Waals surface area contributed by atoms with Crippen LogP contribution in [0.5, 0.6) is 0 Å². The lowest BCUT2D eigenvalue weighted by molar-refractivity contribution is -0.137. The molecule has 0 radical (unpaired) electrons. The maximum Gasteiger partial charge on any atom is 0.416 e. The van der Waals surface area contributed by atoms with Gasteiger partial charge in [-0.3, -0.25) is 14.0 Å². The molecule has 3 aromatic rings. The van der Waals surface area contributed by atoms with Gasteiger partial charge in [0.25, 0.3) is 16.4 Å². The maximum atomic E-state index is 14.7. The predicted molar refractivity (Wildman–Crippen MR) is 110 cm³/mol. The molecule has 2 aromatic heterocycles. The van der Waals surface area contributed by atoms with Crippen molar-refractivity contribution in [2.24, 2.45) is 0 Å². The highest BCUT2D eigenvalue weighted by Gasteiger charge is 2.35. The first-order chi connectivity index (χ1) is 15.9. The van der Waals surface area contributed by atoms with Gasteiger partial charge in [0.05, 0.1) is 23.1 Å². The second kappa shape index (κ2) is 8.60. The van der Waals surface area contributed by atoms with Crippen LogP contribution in [0.2, 0.25) is 0 Å². The van der Waals surface area contributed by atoms with E-state index in [4.69, 9.17) is 0 Å². The Labute approximate surface area is 190 Å². The van der Waals surface area contributed by atoms with Crippen molar-refractivity contribution in [3.63, 3.8) is 0 Å². The van der Waals surface area contributed by atoms with Crippen molar-refractivity contribution in [3.8, 4) is 11.1 Å². The summed E-state index contributed by atoms with van der Waals surface area (Å²) in [6.45, 7) is 0.660. The van der Waals surface area contributed by atoms with Crippen LogP contribution in [0, 0.1) is 12.7 Å². The molecule has 1 aliphatic rings. The Hall–Kier alpha value is -3.09. The number of fused-ring (bicyclic) bond motifs is 1. The van der Waals surface area contributed by atoms with Gasteiger partial charge < -0.3 is 0 Å². The number of nitrogens with zero attached hydrogens (tertiary/aromatic N) is 4. The zero-order chi connectivity index (χ0) is 24.8. The Morgan fingerprint density at radius 2 is 1.88 bits per heavy atom. The van der Waals surface area contributed by atoms with E-state index >= 15 is 0 Å². The number of rotatable bonds is 5. The molecule has 0 unspecified atom stereocenters. The molecule has 1 aliphatic heterocycles. The van der Waals surface area contributed by atoms with E-state index in [9.17, 15) is 34.8 Å². The minimum atomic E-state index is -4.72. The first-order valence-corrected chi connectivity index (χ1v) is 11.5. The fourth-order valence-electron chi connectivity index (χ4n) is 3.97. The number of benzene rings is 1. The maximum absolute atomic E-state index is 14.7. The zero-order valence-corrected chi connectivity index (χ0v) is 18.5. The number of hydrogen-bond donors (Lipinski definition) is 0. The second-order valence-electron chi connectivity index (χ2n) is 7.75. The summed E-state index contributed by atoms with van der Waals surface area (Å²) in [6, 6.07) is 2.12. The minimum absolute atomic E-state index is 0.0330. The molecule has 6 nitrogen and oxygen atoms in total. The predicted octanol–water partition coefficient (Wildman–Crippen LogP) is 4.82. The number of anilines is 1. The molecule has 182 valence electrons. The first kappa shape index (κ1) is 24.0. The molecular weight excluding hydrogens is 486 g/mol. The van der Waals surface area contributed by atoms with Crippen LogP contribution in [0.3, 0.4) is 0 Å². The van der Waals surface area contributed by atoms with Crippen molar-refractivity contribution in [1.29, 1.82) is 0 Å². The van der Waals surface area contributed by atoms with Crippen LogP contribution >= 0.6 is 0 Å². The summed E-state index contributed by atoms with van der Waals surface area (Å²) < 4.78 is 108. The van der Waals surface area contributed by atoms with Crippen LogP contribution in [-0.2, 0) is 29.2 Å². The van der Waals surface area contributed by atoms with Crippen molar-refractivity contribution >= 4 is 15.7 Å². The van der Waals surface area contributed by atoms with Crippen LogP contribution in [0.4, 0.5) is 32.0 Å². The lowest BCUT2D eigenvalue weighted by Gasteiger charge is -2.31. The number of hydrogen-bond acceptors (Lipinski definition) is 4. The smallest absolute Gasteiger partial charge is 0.265 e. The van der Waals surface area contributed by atoms with Crippen molar-refractivity contribution < 1.29 is 34.8 Å². The van der Waals surface area contributed by atoms with Gasteiger partial charge in [-0.2, -0.15) is 18.3 Å². The van der Waals surface area contributed by atoms with E-state index < -0.39 is 40.6 Å². The molecule has 0 atom stereocenters. The van der Waals surface area contributed by atoms with E-state index in [-0.39, 0.29) is 33.9 Å². The van der Waals surface area contributed by atoms with Crippen molar-refractivity contribution in [1.82, 2.24) is 14.8 Å². The molecule has 34 heavy (non-hydrogen) atoms. The van der Waals surface area contributed by atoms with Crippen molar-refractivity contribution in [2.75, 3.05) is 10.8 Å². The third kappa shape index (κ3) is 4.36. The minimum Gasteiger partial charge on any atom is -0.265 e. The van der Waals surface area contributed by atoms with E-state index in [0.29, 0.717) is 24.5 Å². The van der Waals surface area contributed by atoms with Crippen LogP contribution in [0.15, 0.2) is 41.7 Å². The summed E-state index contributed by atoms with van der Waals surface area (Å²) in [4.78, 5) is 3.74. The Balaban J connectivity index is 1.78. The van der Waals surface area contributed by atoms with Gasteiger partial charge in [-0.05, 0) is 37.5 Å². The van der Waals surface area contributed by atoms with Crippen LogP contribution in [0.25, 0.3) is 11.1 Å². The van der Waals surface area contributed by atoms with E-state index in [0.717, 1.165) is 27.3 Å². The SMILES string of the molecule is Cc1nn(CC(F)F)cc1S(=O)(=O)N1CCCc2c(-c3ccc(C(F)(F)F)cc3F)cncc21. The van der Waals surface area contributed by atoms with Crippen LogP contribution < -0.4 is 4.31 Å². The second-order valence-corrected chi connectivity index (χ2v) is 9.58. The van der Waals surface area contributed by atoms with Gasteiger partial charge in [0.15, 0.2) is 0 Å². The average Bonchev–Trinajstić information content (AvgIpc) is 3.12. The van der Waals surface area contributed by atoms with Gasteiger partial charge in [-0.25, -0.2) is 21.6 Å².